The van der Waals surface area contributed by atoms with E-state index in [1.807, 2.05) is 6.92 Å². The number of nitrogens with zero attached hydrogens (tertiary/aromatic N) is 2. The Balaban J connectivity index is 2.02. The van der Waals surface area contributed by atoms with Gasteiger partial charge in [-0.25, -0.2) is 0 Å². The second kappa shape index (κ2) is 5.33. The van der Waals surface area contributed by atoms with Crippen molar-refractivity contribution in [3.63, 3.8) is 0 Å². The summed E-state index contributed by atoms with van der Waals surface area (Å²) in [6.07, 6.45) is 5.77. The summed E-state index contributed by atoms with van der Waals surface area (Å²) >= 11 is 0. The van der Waals surface area contributed by atoms with Crippen LogP contribution in [0.4, 0.5) is 0 Å². The molecule has 1 heterocycles. The molecule has 0 amide bonds. The molecule has 14 heavy (non-hydrogen) atoms. The van der Waals surface area contributed by atoms with E-state index in [4.69, 9.17) is 11.0 Å². The van der Waals surface area contributed by atoms with Gasteiger partial charge in [-0.1, -0.05) is 0 Å². The highest BCUT2D eigenvalue weighted by atomic mass is 15.1. The molecule has 1 aliphatic heterocycles. The summed E-state index contributed by atoms with van der Waals surface area (Å²) in [7, 11) is 0. The van der Waals surface area contributed by atoms with E-state index < -0.39 is 5.54 Å². The van der Waals surface area contributed by atoms with Crippen LogP contribution in [-0.2, 0) is 0 Å². The minimum absolute atomic E-state index is 0.620. The average Bonchev–Trinajstić information content (AvgIpc) is 2.65. The third-order valence-corrected chi connectivity index (χ3v) is 2.87. The van der Waals surface area contributed by atoms with Crippen LogP contribution < -0.4 is 5.73 Å². The normalized spacial score (nSPS) is 21.8. The molecule has 1 saturated heterocycles. The molecule has 0 aliphatic carbocycles. The molecule has 2 N–H and O–H groups in total. The molecule has 3 nitrogen and oxygen atoms in total. The first-order valence-corrected chi connectivity index (χ1v) is 5.56. The highest BCUT2D eigenvalue weighted by Crippen LogP contribution is 2.12. The third-order valence-electron chi connectivity index (χ3n) is 2.87. The Morgan fingerprint density at radius 2 is 2.00 bits per heavy atom. The van der Waals surface area contributed by atoms with Gasteiger partial charge in [0.1, 0.15) is 5.54 Å². The van der Waals surface area contributed by atoms with E-state index in [1.165, 1.54) is 38.9 Å². The van der Waals surface area contributed by atoms with Gasteiger partial charge in [0.25, 0.3) is 0 Å². The van der Waals surface area contributed by atoms with Crippen LogP contribution in [0.3, 0.4) is 0 Å². The first-order chi connectivity index (χ1) is 6.64. The van der Waals surface area contributed by atoms with Gasteiger partial charge in [0.05, 0.1) is 6.07 Å². The highest BCUT2D eigenvalue weighted by molar-refractivity contribution is 5.00. The molecule has 1 unspecified atom stereocenters. The Labute approximate surface area is 86.9 Å². The van der Waals surface area contributed by atoms with Crippen molar-refractivity contribution >= 4 is 0 Å². The van der Waals surface area contributed by atoms with Crippen molar-refractivity contribution in [3.8, 4) is 6.07 Å². The predicted molar refractivity (Wildman–Crippen MR) is 57.7 cm³/mol. The standard InChI is InChI=1S/C11H21N3/c1-11(13,10-12)6-2-3-7-14-8-4-5-9-14/h2-9,13H2,1H3. The molecule has 1 atom stereocenters. The number of hydrogen-bond donors (Lipinski definition) is 1. The topological polar surface area (TPSA) is 53.1 Å². The Hall–Kier alpha value is -0.590. The zero-order valence-corrected chi connectivity index (χ0v) is 9.13. The SMILES string of the molecule is CC(N)(C#N)CCCCN1CCCC1. The van der Waals surface area contributed by atoms with Crippen LogP contribution >= 0.6 is 0 Å². The maximum Gasteiger partial charge on any atom is 0.101 e. The zero-order chi connectivity index (χ0) is 10.4. The minimum Gasteiger partial charge on any atom is -0.314 e. The minimum atomic E-state index is -0.620. The fourth-order valence-electron chi connectivity index (χ4n) is 1.89. The van der Waals surface area contributed by atoms with E-state index in [-0.39, 0.29) is 0 Å². The lowest BCUT2D eigenvalue weighted by Gasteiger charge is -2.17. The quantitative estimate of drug-likeness (QED) is 0.676. The highest BCUT2D eigenvalue weighted by Gasteiger charge is 2.16. The van der Waals surface area contributed by atoms with Crippen molar-refractivity contribution in [2.45, 2.75) is 44.6 Å². The van der Waals surface area contributed by atoms with Gasteiger partial charge in [-0.15, -0.1) is 0 Å². The lowest BCUT2D eigenvalue weighted by atomic mass is 9.98. The van der Waals surface area contributed by atoms with E-state index in [0.29, 0.717) is 0 Å². The second-order valence-corrected chi connectivity index (χ2v) is 4.54. The van der Waals surface area contributed by atoms with Gasteiger partial charge in [-0.3, -0.25) is 0 Å². The van der Waals surface area contributed by atoms with Gasteiger partial charge in [-0.05, 0) is 58.7 Å². The summed E-state index contributed by atoms with van der Waals surface area (Å²) in [5.74, 6) is 0. The summed E-state index contributed by atoms with van der Waals surface area (Å²) in [5, 5.41) is 8.72. The van der Waals surface area contributed by atoms with Gasteiger partial charge in [-0.2, -0.15) is 5.26 Å². The van der Waals surface area contributed by atoms with Gasteiger partial charge in [0, 0.05) is 0 Å². The number of rotatable bonds is 5. The molecule has 0 spiro atoms. The largest absolute Gasteiger partial charge is 0.314 e. The van der Waals surface area contributed by atoms with Crippen LogP contribution in [-0.4, -0.2) is 30.1 Å². The van der Waals surface area contributed by atoms with Gasteiger partial charge in [0.2, 0.25) is 0 Å². The van der Waals surface area contributed by atoms with Crippen LogP contribution in [0.2, 0.25) is 0 Å². The zero-order valence-electron chi connectivity index (χ0n) is 9.13. The molecule has 1 rings (SSSR count). The Kier molecular flexibility index (Phi) is 4.37. The van der Waals surface area contributed by atoms with Crippen molar-refractivity contribution < 1.29 is 0 Å². The predicted octanol–water partition coefficient (Wildman–Crippen LogP) is 1.49. The van der Waals surface area contributed by atoms with Gasteiger partial charge >= 0.3 is 0 Å². The summed E-state index contributed by atoms with van der Waals surface area (Å²) in [6.45, 7) is 5.51. The molecule has 80 valence electrons. The fraction of sp³-hybridized carbons (Fsp3) is 0.909. The maximum absolute atomic E-state index is 8.72. The number of nitriles is 1. The van der Waals surface area contributed by atoms with E-state index in [9.17, 15) is 0 Å². The van der Waals surface area contributed by atoms with Crippen LogP contribution in [0, 0.1) is 11.3 Å². The van der Waals surface area contributed by atoms with Crippen molar-refractivity contribution in [1.82, 2.24) is 4.90 Å². The lowest BCUT2D eigenvalue weighted by Crippen LogP contribution is -2.34. The Bertz CT molecular complexity index is 199. The summed E-state index contributed by atoms with van der Waals surface area (Å²) in [5.41, 5.74) is 5.12. The van der Waals surface area contributed by atoms with Crippen molar-refractivity contribution in [2.75, 3.05) is 19.6 Å². The number of hydrogen-bond acceptors (Lipinski definition) is 3. The number of nitrogens with two attached hydrogens (primary N) is 1. The first-order valence-electron chi connectivity index (χ1n) is 5.56. The fourth-order valence-corrected chi connectivity index (χ4v) is 1.89. The average molecular weight is 195 g/mol. The molecule has 0 aromatic rings. The number of unbranched alkanes of at least 4 members (excludes halogenated alkanes) is 1. The summed E-state index contributed by atoms with van der Waals surface area (Å²) < 4.78 is 0. The molecule has 0 saturated carbocycles. The molecule has 0 aromatic carbocycles. The molecule has 1 fully saturated rings. The smallest absolute Gasteiger partial charge is 0.101 e. The van der Waals surface area contributed by atoms with Gasteiger partial charge in [0.15, 0.2) is 0 Å². The van der Waals surface area contributed by atoms with E-state index >= 15 is 0 Å². The second-order valence-electron chi connectivity index (χ2n) is 4.54. The lowest BCUT2D eigenvalue weighted by molar-refractivity contribution is 0.324. The monoisotopic (exact) mass is 195 g/mol. The van der Waals surface area contributed by atoms with Crippen molar-refractivity contribution in [2.24, 2.45) is 5.73 Å². The molecule has 0 radical (unpaired) electrons. The molecular weight excluding hydrogens is 174 g/mol. The molecule has 3 heteroatoms. The van der Waals surface area contributed by atoms with Gasteiger partial charge < -0.3 is 10.6 Å². The van der Waals surface area contributed by atoms with Crippen LogP contribution in [0.1, 0.15) is 39.0 Å². The molecule has 0 bridgehead atoms. The molecule has 0 aromatic heterocycles. The van der Waals surface area contributed by atoms with E-state index in [2.05, 4.69) is 11.0 Å². The third kappa shape index (κ3) is 4.08. The maximum atomic E-state index is 8.72. The van der Waals surface area contributed by atoms with Crippen molar-refractivity contribution in [3.05, 3.63) is 0 Å². The first kappa shape index (κ1) is 11.5. The van der Waals surface area contributed by atoms with Crippen LogP contribution in [0.15, 0.2) is 0 Å². The Morgan fingerprint density at radius 3 is 2.57 bits per heavy atom. The summed E-state index contributed by atoms with van der Waals surface area (Å²) in [6, 6.07) is 2.13. The number of likely N-dealkylation sites (tertiary alicyclic amines) is 1. The van der Waals surface area contributed by atoms with E-state index in [0.717, 1.165) is 12.8 Å². The molecular formula is C11H21N3. The Morgan fingerprint density at radius 1 is 1.36 bits per heavy atom. The van der Waals surface area contributed by atoms with Crippen molar-refractivity contribution in [1.29, 1.82) is 5.26 Å². The van der Waals surface area contributed by atoms with Crippen LogP contribution in [0.25, 0.3) is 0 Å². The van der Waals surface area contributed by atoms with E-state index in [1.54, 1.807) is 0 Å². The van der Waals surface area contributed by atoms with Crippen LogP contribution in [0.5, 0.6) is 0 Å². The molecule has 1 aliphatic rings. The summed E-state index contributed by atoms with van der Waals surface area (Å²) in [4.78, 5) is 2.50.